The van der Waals surface area contributed by atoms with E-state index in [1.807, 2.05) is 32.0 Å². The number of hydrogen-bond acceptors (Lipinski definition) is 6. The molecule has 0 bridgehead atoms. The Balaban J connectivity index is 1.70. The Morgan fingerprint density at radius 3 is 2.58 bits per heavy atom. The number of nitriles is 1. The number of methoxy groups -OCH3 is 1. The fourth-order valence-corrected chi connectivity index (χ4v) is 6.40. The van der Waals surface area contributed by atoms with E-state index in [9.17, 15) is 10.1 Å². The van der Waals surface area contributed by atoms with E-state index in [1.54, 1.807) is 24.1 Å². The minimum absolute atomic E-state index is 0.0408. The van der Waals surface area contributed by atoms with E-state index in [4.69, 9.17) is 10.5 Å². The summed E-state index contributed by atoms with van der Waals surface area (Å²) in [6, 6.07) is 12.9. The molecule has 0 spiro atoms. The summed E-state index contributed by atoms with van der Waals surface area (Å²) in [5, 5.41) is 10.4. The number of rotatable bonds is 5. The van der Waals surface area contributed by atoms with E-state index in [1.165, 1.54) is 18.9 Å². The van der Waals surface area contributed by atoms with Crippen molar-refractivity contribution < 1.29 is 13.9 Å². The lowest BCUT2D eigenvalue weighted by Crippen LogP contribution is -2.42. The van der Waals surface area contributed by atoms with Gasteiger partial charge >= 0.3 is 0 Å². The van der Waals surface area contributed by atoms with Gasteiger partial charge in [-0.1, -0.05) is 35.8 Å². The van der Waals surface area contributed by atoms with E-state index < -0.39 is 11.7 Å². The Kier molecular flexibility index (Phi) is 7.10. The van der Waals surface area contributed by atoms with Crippen LogP contribution in [0.15, 0.2) is 63.5 Å². The number of benzene rings is 2. The number of halogens is 2. The largest absolute Gasteiger partial charge is 0.496 e. The lowest BCUT2D eigenvalue weighted by Gasteiger charge is -2.44. The zero-order valence-electron chi connectivity index (χ0n) is 22.0. The standard InChI is InChI=1S/C30H32BrFN4O2/c1-30(2)14-24-28(25(37)15-30)27(18-6-9-26(38-3)19(12-18)17-35-10-4-5-11-35)21(16-33)29(34)36(24)23-8-7-20(31)13-22(23)32/h6-9,12-13,27H,4-5,10-11,14-15,17,34H2,1-3H3/t27-/m0/s1. The van der Waals surface area contributed by atoms with E-state index in [0.29, 0.717) is 28.6 Å². The average molecular weight is 580 g/mol. The molecule has 1 saturated heterocycles. The smallest absolute Gasteiger partial charge is 0.162 e. The molecule has 6 nitrogen and oxygen atoms in total. The number of ketones is 1. The third kappa shape index (κ3) is 4.74. The summed E-state index contributed by atoms with van der Waals surface area (Å²) in [6.07, 6.45) is 3.21. The summed E-state index contributed by atoms with van der Waals surface area (Å²) in [4.78, 5) is 17.8. The van der Waals surface area contributed by atoms with Crippen molar-refractivity contribution in [2.24, 2.45) is 11.1 Å². The van der Waals surface area contributed by atoms with Crippen LogP contribution in [-0.2, 0) is 11.3 Å². The lowest BCUT2D eigenvalue weighted by atomic mass is 9.68. The number of hydrogen-bond donors (Lipinski definition) is 1. The number of nitrogens with two attached hydrogens (primary N) is 1. The second-order valence-corrected chi connectivity index (χ2v) is 12.0. The fraction of sp³-hybridized carbons (Fsp3) is 0.400. The highest BCUT2D eigenvalue weighted by atomic mass is 79.9. The Labute approximate surface area is 231 Å². The van der Waals surface area contributed by atoms with Gasteiger partial charge in [0, 0.05) is 34.3 Å². The molecule has 1 aliphatic carbocycles. The molecular formula is C30H32BrFN4O2. The zero-order chi connectivity index (χ0) is 27.2. The maximum atomic E-state index is 15.3. The molecule has 5 rings (SSSR count). The Morgan fingerprint density at radius 2 is 1.92 bits per heavy atom. The molecule has 0 aromatic heterocycles. The highest BCUT2D eigenvalue weighted by Gasteiger charge is 2.45. The molecule has 0 saturated carbocycles. The van der Waals surface area contributed by atoms with Gasteiger partial charge in [0.25, 0.3) is 0 Å². The second-order valence-electron chi connectivity index (χ2n) is 11.1. The number of Topliss-reactive ketones (excluding diaryl/α,β-unsaturated/α-hetero) is 1. The van der Waals surface area contributed by atoms with Crippen molar-refractivity contribution in [3.8, 4) is 11.8 Å². The van der Waals surface area contributed by atoms with Crippen molar-refractivity contribution in [1.29, 1.82) is 5.26 Å². The van der Waals surface area contributed by atoms with Crippen LogP contribution in [0.4, 0.5) is 10.1 Å². The topological polar surface area (TPSA) is 82.6 Å². The van der Waals surface area contributed by atoms with Gasteiger partial charge in [0.1, 0.15) is 17.4 Å². The maximum absolute atomic E-state index is 15.3. The predicted molar refractivity (Wildman–Crippen MR) is 149 cm³/mol. The minimum atomic E-state index is -0.628. The molecule has 0 unspecified atom stereocenters. The van der Waals surface area contributed by atoms with Gasteiger partial charge in [-0.15, -0.1) is 0 Å². The zero-order valence-corrected chi connectivity index (χ0v) is 23.6. The van der Waals surface area contributed by atoms with Crippen LogP contribution in [-0.4, -0.2) is 30.9 Å². The molecule has 1 fully saturated rings. The molecule has 3 aliphatic rings. The van der Waals surface area contributed by atoms with Crippen LogP contribution < -0.4 is 15.4 Å². The first-order chi connectivity index (χ1) is 18.1. The average Bonchev–Trinajstić information content (AvgIpc) is 3.36. The number of allylic oxidation sites excluding steroid dienone is 3. The molecule has 2 N–H and O–H groups in total. The van der Waals surface area contributed by atoms with Gasteiger partial charge in [-0.25, -0.2) is 4.39 Å². The molecule has 2 aromatic carbocycles. The van der Waals surface area contributed by atoms with Gasteiger partial charge in [0.15, 0.2) is 5.78 Å². The number of nitrogens with zero attached hydrogens (tertiary/aromatic N) is 3. The summed E-state index contributed by atoms with van der Waals surface area (Å²) < 4.78 is 21.5. The number of ether oxygens (including phenoxy) is 1. The molecule has 2 aromatic rings. The molecule has 2 aliphatic heterocycles. The van der Waals surface area contributed by atoms with Gasteiger partial charge in [0.2, 0.25) is 0 Å². The van der Waals surface area contributed by atoms with Crippen LogP contribution in [0.3, 0.4) is 0 Å². The van der Waals surface area contributed by atoms with Crippen LogP contribution >= 0.6 is 15.9 Å². The van der Waals surface area contributed by atoms with Crippen molar-refractivity contribution >= 4 is 27.4 Å². The Hall–Kier alpha value is -3.15. The SMILES string of the molecule is COc1ccc([C@H]2C(C#N)=C(N)N(c3ccc(Br)cc3F)C3=C2C(=O)CC(C)(C)C3)cc1CN1CCCC1. The highest BCUT2D eigenvalue weighted by molar-refractivity contribution is 9.10. The molecular weight excluding hydrogens is 547 g/mol. The number of anilines is 1. The van der Waals surface area contributed by atoms with E-state index in [2.05, 4.69) is 26.9 Å². The molecule has 198 valence electrons. The van der Waals surface area contributed by atoms with Gasteiger partial charge < -0.3 is 10.5 Å². The van der Waals surface area contributed by atoms with Crippen LogP contribution in [0.2, 0.25) is 0 Å². The molecule has 0 amide bonds. The van der Waals surface area contributed by atoms with Crippen LogP contribution in [0.25, 0.3) is 0 Å². The van der Waals surface area contributed by atoms with Crippen molar-refractivity contribution in [3.05, 3.63) is 80.5 Å². The van der Waals surface area contributed by atoms with Crippen molar-refractivity contribution in [2.75, 3.05) is 25.1 Å². The number of carbonyl (C=O) groups is 1. The van der Waals surface area contributed by atoms with Crippen LogP contribution in [0.1, 0.15) is 56.6 Å². The quantitative estimate of drug-likeness (QED) is 0.459. The van der Waals surface area contributed by atoms with Gasteiger partial charge in [-0.3, -0.25) is 14.6 Å². The normalized spacial score (nSPS) is 21.5. The van der Waals surface area contributed by atoms with Crippen LogP contribution in [0, 0.1) is 22.6 Å². The second kappa shape index (κ2) is 10.2. The maximum Gasteiger partial charge on any atom is 0.162 e. The summed E-state index contributed by atoms with van der Waals surface area (Å²) in [5.41, 5.74) is 9.83. The van der Waals surface area contributed by atoms with Gasteiger partial charge in [-0.05, 0) is 73.7 Å². The number of carbonyl (C=O) groups excluding carboxylic acids is 1. The van der Waals surface area contributed by atoms with Crippen LogP contribution in [0.5, 0.6) is 5.75 Å². The fourth-order valence-electron chi connectivity index (χ4n) is 6.06. The first kappa shape index (κ1) is 26.5. The Morgan fingerprint density at radius 1 is 1.18 bits per heavy atom. The molecule has 1 atom stereocenters. The van der Waals surface area contributed by atoms with Gasteiger partial charge in [-0.2, -0.15) is 5.26 Å². The Bertz CT molecular complexity index is 1400. The monoisotopic (exact) mass is 578 g/mol. The van der Waals surface area contributed by atoms with Gasteiger partial charge in [0.05, 0.1) is 30.4 Å². The molecule has 2 heterocycles. The van der Waals surface area contributed by atoms with Crippen molar-refractivity contribution in [3.63, 3.8) is 0 Å². The summed E-state index contributed by atoms with van der Waals surface area (Å²) in [5.74, 6) is -0.230. The number of likely N-dealkylation sites (tertiary alicyclic amines) is 1. The molecule has 0 radical (unpaired) electrons. The first-order valence-corrected chi connectivity index (χ1v) is 13.7. The summed E-state index contributed by atoms with van der Waals surface area (Å²) in [6.45, 7) is 6.85. The van der Waals surface area contributed by atoms with Crippen molar-refractivity contribution in [1.82, 2.24) is 4.90 Å². The lowest BCUT2D eigenvalue weighted by molar-refractivity contribution is -0.118. The third-order valence-corrected chi connectivity index (χ3v) is 8.26. The predicted octanol–water partition coefficient (Wildman–Crippen LogP) is 6.13. The highest BCUT2D eigenvalue weighted by Crippen LogP contribution is 2.51. The summed E-state index contributed by atoms with van der Waals surface area (Å²) >= 11 is 3.31. The third-order valence-electron chi connectivity index (χ3n) is 7.76. The minimum Gasteiger partial charge on any atom is -0.496 e. The molecule has 38 heavy (non-hydrogen) atoms. The van der Waals surface area contributed by atoms with E-state index >= 15 is 4.39 Å². The van der Waals surface area contributed by atoms with Crippen molar-refractivity contribution in [2.45, 2.75) is 52.0 Å². The van der Waals surface area contributed by atoms with E-state index in [0.717, 1.165) is 36.5 Å². The van der Waals surface area contributed by atoms with E-state index in [-0.39, 0.29) is 28.3 Å². The molecule has 8 heteroatoms. The first-order valence-electron chi connectivity index (χ1n) is 12.9. The summed E-state index contributed by atoms with van der Waals surface area (Å²) in [7, 11) is 1.65.